The van der Waals surface area contributed by atoms with E-state index in [2.05, 4.69) is 39.8 Å². The third kappa shape index (κ3) is 2.31. The molecule has 2 aliphatic carbocycles. The van der Waals surface area contributed by atoms with Gasteiger partial charge in [0.2, 0.25) is 0 Å². The van der Waals surface area contributed by atoms with E-state index in [0.29, 0.717) is 0 Å². The van der Waals surface area contributed by atoms with E-state index in [-0.39, 0.29) is 0 Å². The molecule has 0 unspecified atom stereocenters. The fourth-order valence-corrected chi connectivity index (χ4v) is 13.6. The number of allylic oxidation sites excluding steroid dienone is 8. The summed E-state index contributed by atoms with van der Waals surface area (Å²) in [7, 11) is 13.7. The minimum atomic E-state index is -3.27. The molecular formula is C14H18Cl2Zr. The summed E-state index contributed by atoms with van der Waals surface area (Å²) in [6.07, 6.45) is 6.45. The molecule has 0 spiro atoms. The van der Waals surface area contributed by atoms with Crippen molar-refractivity contribution in [3.8, 4) is 0 Å². The standard InChI is InChI=1S/2C7H9.2ClH.Zr/c2*1-6-4-3-5-7(6)2;;;/h2*4H,3H2,1-2H3;2*1H;/q;;;;+2/p-2. The van der Waals surface area contributed by atoms with Gasteiger partial charge in [0.05, 0.1) is 0 Å². The first-order chi connectivity index (χ1) is 7.85. The van der Waals surface area contributed by atoms with Gasteiger partial charge in [0.1, 0.15) is 0 Å². The van der Waals surface area contributed by atoms with Crippen LogP contribution in [0.1, 0.15) is 40.5 Å². The first-order valence-electron chi connectivity index (χ1n) is 5.98. The van der Waals surface area contributed by atoms with E-state index in [9.17, 15) is 0 Å². The van der Waals surface area contributed by atoms with Gasteiger partial charge in [-0.3, -0.25) is 0 Å². The maximum atomic E-state index is 6.86. The first kappa shape index (κ1) is 13.8. The molecule has 2 rings (SSSR count). The Hall–Kier alpha value is 0.423. The Balaban J connectivity index is 2.41. The number of halogens is 2. The molecule has 0 fully saturated rings. The Morgan fingerprint density at radius 1 is 0.824 bits per heavy atom. The molecule has 92 valence electrons. The SMILES string of the molecule is CC1=CC[C]([Zr]([Cl])([Cl])[C]2=C(C)C(C)=CC2)=C1C. The Kier molecular flexibility index (Phi) is 3.94. The summed E-state index contributed by atoms with van der Waals surface area (Å²) in [4.78, 5) is 0. The molecule has 0 aromatic carbocycles. The molecule has 3 heteroatoms. The predicted molar refractivity (Wildman–Crippen MR) is 73.9 cm³/mol. The van der Waals surface area contributed by atoms with Crippen molar-refractivity contribution in [1.82, 2.24) is 0 Å². The Bertz CT molecular complexity index is 446. The van der Waals surface area contributed by atoms with Gasteiger partial charge in [-0.2, -0.15) is 0 Å². The monoisotopic (exact) mass is 346 g/mol. The molecule has 0 N–H and O–H groups in total. The van der Waals surface area contributed by atoms with Crippen LogP contribution in [0.5, 0.6) is 0 Å². The van der Waals surface area contributed by atoms with E-state index in [0.717, 1.165) is 12.8 Å². The molecule has 2 aliphatic rings. The van der Waals surface area contributed by atoms with E-state index in [4.69, 9.17) is 17.0 Å². The predicted octanol–water partition coefficient (Wildman–Crippen LogP) is 5.70. The van der Waals surface area contributed by atoms with Crippen LogP contribution in [0.25, 0.3) is 0 Å². The summed E-state index contributed by atoms with van der Waals surface area (Å²) in [5.74, 6) is 0. The van der Waals surface area contributed by atoms with Gasteiger partial charge in [-0.05, 0) is 0 Å². The van der Waals surface area contributed by atoms with Crippen LogP contribution < -0.4 is 0 Å². The second-order valence-corrected chi connectivity index (χ2v) is 18.6. The number of rotatable bonds is 2. The molecule has 0 amide bonds. The summed E-state index contributed by atoms with van der Waals surface area (Å²) in [6, 6.07) is 0. The third-order valence-electron chi connectivity index (χ3n) is 4.07. The third-order valence-corrected chi connectivity index (χ3v) is 16.0. The Morgan fingerprint density at radius 3 is 1.41 bits per heavy atom. The van der Waals surface area contributed by atoms with Crippen molar-refractivity contribution in [3.63, 3.8) is 0 Å². The first-order valence-corrected chi connectivity index (χ1v) is 14.8. The summed E-state index contributed by atoms with van der Waals surface area (Å²) in [6.45, 7) is 8.63. The second-order valence-electron chi connectivity index (χ2n) is 4.96. The molecule has 0 aliphatic heterocycles. The van der Waals surface area contributed by atoms with Gasteiger partial charge >= 0.3 is 116 Å². The fourth-order valence-electron chi connectivity index (χ4n) is 2.51. The van der Waals surface area contributed by atoms with Crippen LogP contribution in [0, 0.1) is 0 Å². The van der Waals surface area contributed by atoms with Gasteiger partial charge in [-0.25, -0.2) is 0 Å². The normalized spacial score (nSPS) is 21.3. The number of hydrogen-bond donors (Lipinski definition) is 0. The van der Waals surface area contributed by atoms with Gasteiger partial charge in [-0.1, -0.05) is 0 Å². The molecule has 0 saturated heterocycles. The van der Waals surface area contributed by atoms with E-state index >= 15 is 0 Å². The van der Waals surface area contributed by atoms with Crippen LogP contribution in [0.15, 0.2) is 41.0 Å². The summed E-state index contributed by atoms with van der Waals surface area (Å²) >= 11 is -3.27. The zero-order valence-corrected chi connectivity index (χ0v) is 14.8. The quantitative estimate of drug-likeness (QED) is 0.601. The molecule has 0 radical (unpaired) electrons. The van der Waals surface area contributed by atoms with Crippen LogP contribution >= 0.6 is 17.0 Å². The van der Waals surface area contributed by atoms with Crippen molar-refractivity contribution in [2.24, 2.45) is 0 Å². The van der Waals surface area contributed by atoms with Crippen LogP contribution in [0.4, 0.5) is 0 Å². The van der Waals surface area contributed by atoms with Crippen LogP contribution in [0.3, 0.4) is 0 Å². The molecule has 0 aromatic rings. The average molecular weight is 348 g/mol. The van der Waals surface area contributed by atoms with Crippen molar-refractivity contribution in [3.05, 3.63) is 41.0 Å². The molecule has 0 bridgehead atoms. The van der Waals surface area contributed by atoms with E-state index in [1.807, 2.05) is 0 Å². The molecular weight excluding hydrogens is 330 g/mol. The van der Waals surface area contributed by atoms with Crippen molar-refractivity contribution < 1.29 is 17.9 Å². The van der Waals surface area contributed by atoms with Crippen molar-refractivity contribution in [2.45, 2.75) is 40.5 Å². The number of hydrogen-bond acceptors (Lipinski definition) is 0. The Labute approximate surface area is 116 Å². The van der Waals surface area contributed by atoms with Crippen molar-refractivity contribution in [2.75, 3.05) is 0 Å². The second kappa shape index (κ2) is 4.84. The van der Waals surface area contributed by atoms with E-state index in [1.54, 1.807) is 0 Å². The van der Waals surface area contributed by atoms with Gasteiger partial charge < -0.3 is 0 Å². The Morgan fingerprint density at radius 2 is 1.18 bits per heavy atom. The average Bonchev–Trinajstić information content (AvgIpc) is 2.75. The molecule has 17 heavy (non-hydrogen) atoms. The topological polar surface area (TPSA) is 0 Å². The molecule has 0 saturated carbocycles. The summed E-state index contributed by atoms with van der Waals surface area (Å²) in [5, 5.41) is 0. The molecule has 0 aromatic heterocycles. The maximum absolute atomic E-state index is 6.86. The fraction of sp³-hybridized carbons (Fsp3) is 0.429. The van der Waals surface area contributed by atoms with Crippen LogP contribution in [-0.4, -0.2) is 0 Å². The minimum absolute atomic E-state index is 0.969. The zero-order valence-electron chi connectivity index (χ0n) is 10.8. The van der Waals surface area contributed by atoms with E-state index in [1.165, 1.54) is 28.9 Å². The van der Waals surface area contributed by atoms with E-state index < -0.39 is 17.9 Å². The van der Waals surface area contributed by atoms with Gasteiger partial charge in [0.15, 0.2) is 0 Å². The van der Waals surface area contributed by atoms with Crippen molar-refractivity contribution >= 4 is 17.0 Å². The zero-order chi connectivity index (χ0) is 12.8. The molecule has 0 nitrogen and oxygen atoms in total. The van der Waals surface area contributed by atoms with Crippen LogP contribution in [0.2, 0.25) is 0 Å². The summed E-state index contributed by atoms with van der Waals surface area (Å²) < 4.78 is 2.72. The molecule has 0 atom stereocenters. The van der Waals surface area contributed by atoms with Gasteiger partial charge in [0.25, 0.3) is 0 Å². The van der Waals surface area contributed by atoms with Crippen molar-refractivity contribution in [1.29, 1.82) is 0 Å². The summed E-state index contributed by atoms with van der Waals surface area (Å²) in [5.41, 5.74) is 5.39. The van der Waals surface area contributed by atoms with Gasteiger partial charge in [0, 0.05) is 0 Å². The molecule has 0 heterocycles. The van der Waals surface area contributed by atoms with Gasteiger partial charge in [-0.15, -0.1) is 0 Å². The van der Waals surface area contributed by atoms with Crippen LogP contribution in [-0.2, 0) is 17.9 Å².